The lowest BCUT2D eigenvalue weighted by Gasteiger charge is -2.54. The zero-order chi connectivity index (χ0) is 5.75. The fourth-order valence-corrected chi connectivity index (χ4v) is 4.17. The van der Waals surface area contributed by atoms with Crippen LogP contribution in [0.25, 0.3) is 0 Å². The Bertz CT molecular complexity index is 185. The van der Waals surface area contributed by atoms with Crippen LogP contribution in [0.2, 0.25) is 0 Å². The predicted octanol–water partition coefficient (Wildman–Crippen LogP) is 0.489. The fourth-order valence-electron chi connectivity index (χ4n) is 4.17. The Morgan fingerprint density at radius 1 is 0.889 bits per heavy atom. The first-order valence-corrected chi connectivity index (χ1v) is 4.07. The zero-order valence-corrected chi connectivity index (χ0v) is 5.20. The first-order valence-electron chi connectivity index (χ1n) is 4.07. The van der Waals surface area contributed by atoms with Gasteiger partial charge in [0.15, 0.2) is 0 Å². The lowest BCUT2D eigenvalue weighted by atomic mass is 9.51. The molecule has 4 aliphatic carbocycles. The molecule has 4 fully saturated rings. The van der Waals surface area contributed by atoms with Crippen LogP contribution in [0.5, 0.6) is 0 Å². The highest BCUT2D eigenvalue weighted by atomic mass is 16.3. The molecule has 9 heavy (non-hydrogen) atoms. The molecule has 0 saturated heterocycles. The second-order valence-electron chi connectivity index (χ2n) is 4.36. The quantitative estimate of drug-likeness (QED) is 0.495. The molecule has 7 unspecified atom stereocenters. The largest absolute Gasteiger partial charge is 0.393 e. The Hall–Kier alpha value is -0.0400. The normalized spacial score (nSPS) is 87.0. The minimum atomic E-state index is 0.148. The third-order valence-electron chi connectivity index (χ3n) is 4.50. The van der Waals surface area contributed by atoms with Gasteiger partial charge in [-0.25, -0.2) is 0 Å². The fraction of sp³-hybridized carbons (Fsp3) is 1.00. The van der Waals surface area contributed by atoms with Crippen molar-refractivity contribution in [2.75, 3.05) is 0 Å². The first kappa shape index (κ1) is 3.97. The van der Waals surface area contributed by atoms with E-state index in [1.165, 1.54) is 6.42 Å². The van der Waals surface area contributed by atoms with Crippen LogP contribution in [0.4, 0.5) is 0 Å². The van der Waals surface area contributed by atoms with E-state index < -0.39 is 0 Å². The van der Waals surface area contributed by atoms with E-state index in [9.17, 15) is 5.11 Å². The number of aliphatic hydroxyl groups excluding tert-OH is 1. The van der Waals surface area contributed by atoms with Gasteiger partial charge in [-0.15, -0.1) is 0 Å². The Balaban J connectivity index is 1.93. The maximum atomic E-state index is 9.55. The van der Waals surface area contributed by atoms with Crippen LogP contribution >= 0.6 is 0 Å². The molecule has 0 aromatic heterocycles. The molecule has 4 aliphatic rings. The van der Waals surface area contributed by atoms with E-state index >= 15 is 0 Å². The average Bonchev–Trinajstić information content (AvgIpc) is 2.35. The summed E-state index contributed by atoms with van der Waals surface area (Å²) in [4.78, 5) is 0. The summed E-state index contributed by atoms with van der Waals surface area (Å²) in [6.45, 7) is 0. The molecule has 0 aliphatic heterocycles. The van der Waals surface area contributed by atoms with Gasteiger partial charge in [-0.2, -0.15) is 0 Å². The molecule has 0 aromatic rings. The van der Waals surface area contributed by atoms with E-state index in [-0.39, 0.29) is 6.10 Å². The monoisotopic (exact) mass is 122 g/mol. The summed E-state index contributed by atoms with van der Waals surface area (Å²) in [6, 6.07) is 0. The van der Waals surface area contributed by atoms with Crippen molar-refractivity contribution >= 4 is 0 Å². The van der Waals surface area contributed by atoms with Gasteiger partial charge in [0.25, 0.3) is 0 Å². The number of hydrogen-bond donors (Lipinski definition) is 1. The van der Waals surface area contributed by atoms with E-state index in [2.05, 4.69) is 0 Å². The van der Waals surface area contributed by atoms with Crippen molar-refractivity contribution in [1.29, 1.82) is 0 Å². The highest BCUT2D eigenvalue weighted by Crippen LogP contribution is 2.85. The molecule has 0 spiro atoms. The summed E-state index contributed by atoms with van der Waals surface area (Å²) < 4.78 is 0. The third kappa shape index (κ3) is 0.196. The first-order chi connectivity index (χ1) is 4.39. The summed E-state index contributed by atoms with van der Waals surface area (Å²) in [5.41, 5.74) is 0. The maximum absolute atomic E-state index is 9.55. The van der Waals surface area contributed by atoms with Crippen LogP contribution in [0.3, 0.4) is 0 Å². The van der Waals surface area contributed by atoms with Gasteiger partial charge < -0.3 is 5.11 Å². The number of rotatable bonds is 0. The molecular weight excluding hydrogens is 112 g/mol. The molecule has 48 valence electrons. The minimum Gasteiger partial charge on any atom is -0.393 e. The molecule has 4 rings (SSSR count). The molecule has 1 heteroatoms. The van der Waals surface area contributed by atoms with E-state index in [4.69, 9.17) is 0 Å². The Morgan fingerprint density at radius 3 is 2.11 bits per heavy atom. The molecule has 0 heterocycles. The lowest BCUT2D eigenvalue weighted by molar-refractivity contribution is -0.107. The number of fused-ring (bicyclic) bond motifs is 2. The number of hydrogen-bond acceptors (Lipinski definition) is 1. The number of aliphatic hydroxyl groups is 1. The van der Waals surface area contributed by atoms with Gasteiger partial charge in [0.05, 0.1) is 6.10 Å². The smallest absolute Gasteiger partial charge is 0.0605 e. The van der Waals surface area contributed by atoms with E-state index in [1.54, 1.807) is 0 Å². The zero-order valence-electron chi connectivity index (χ0n) is 5.20. The highest BCUT2D eigenvalue weighted by Gasteiger charge is 2.83. The molecule has 0 amide bonds. The van der Waals surface area contributed by atoms with Crippen molar-refractivity contribution in [1.82, 2.24) is 0 Å². The molecule has 0 bridgehead atoms. The van der Waals surface area contributed by atoms with Gasteiger partial charge in [-0.05, 0) is 41.9 Å². The summed E-state index contributed by atoms with van der Waals surface area (Å²) in [5.74, 6) is 5.76. The van der Waals surface area contributed by atoms with Crippen molar-refractivity contribution in [3.05, 3.63) is 0 Å². The van der Waals surface area contributed by atoms with Crippen LogP contribution in [-0.4, -0.2) is 11.2 Å². The third-order valence-corrected chi connectivity index (χ3v) is 4.50. The topological polar surface area (TPSA) is 20.2 Å². The van der Waals surface area contributed by atoms with Crippen LogP contribution in [0.1, 0.15) is 6.42 Å². The van der Waals surface area contributed by atoms with Crippen molar-refractivity contribution in [3.8, 4) is 0 Å². The van der Waals surface area contributed by atoms with Gasteiger partial charge in [0.1, 0.15) is 0 Å². The Labute approximate surface area is 54.1 Å². The van der Waals surface area contributed by atoms with Gasteiger partial charge in [0, 0.05) is 0 Å². The molecule has 0 aromatic carbocycles. The molecule has 7 atom stereocenters. The van der Waals surface area contributed by atoms with Gasteiger partial charge in [-0.3, -0.25) is 0 Å². The standard InChI is InChI=1S/C8H10O/c9-8-3-1-2-4(3)6-5(2)7(6)8/h2-9H,1H2. The van der Waals surface area contributed by atoms with Crippen molar-refractivity contribution in [3.63, 3.8) is 0 Å². The Kier molecular flexibility index (Phi) is 0.353. The molecular formula is C8H10O. The van der Waals surface area contributed by atoms with Crippen LogP contribution < -0.4 is 0 Å². The van der Waals surface area contributed by atoms with Gasteiger partial charge in [-0.1, -0.05) is 0 Å². The van der Waals surface area contributed by atoms with Gasteiger partial charge >= 0.3 is 0 Å². The molecule has 1 N–H and O–H groups in total. The van der Waals surface area contributed by atoms with Crippen molar-refractivity contribution in [2.24, 2.45) is 35.5 Å². The van der Waals surface area contributed by atoms with E-state index in [0.717, 1.165) is 35.5 Å². The lowest BCUT2D eigenvalue weighted by Crippen LogP contribution is -2.52. The van der Waals surface area contributed by atoms with Crippen molar-refractivity contribution in [2.45, 2.75) is 12.5 Å². The maximum Gasteiger partial charge on any atom is 0.0605 e. The summed E-state index contributed by atoms with van der Waals surface area (Å²) in [6.07, 6.45) is 1.53. The second-order valence-corrected chi connectivity index (χ2v) is 4.36. The predicted molar refractivity (Wildman–Crippen MR) is 31.6 cm³/mol. The van der Waals surface area contributed by atoms with E-state index in [1.807, 2.05) is 0 Å². The highest BCUT2D eigenvalue weighted by molar-refractivity contribution is 5.30. The second kappa shape index (κ2) is 0.800. The van der Waals surface area contributed by atoms with Crippen LogP contribution in [-0.2, 0) is 0 Å². The SMILES string of the molecule is OC1C2CC3C2C2C1C32. The molecule has 4 saturated carbocycles. The minimum absolute atomic E-state index is 0.148. The van der Waals surface area contributed by atoms with Crippen molar-refractivity contribution < 1.29 is 5.11 Å². The average molecular weight is 122 g/mol. The summed E-state index contributed by atoms with van der Waals surface area (Å²) in [5, 5.41) is 9.55. The molecule has 0 radical (unpaired) electrons. The van der Waals surface area contributed by atoms with E-state index in [0.29, 0.717) is 0 Å². The van der Waals surface area contributed by atoms with Crippen LogP contribution in [0, 0.1) is 35.5 Å². The van der Waals surface area contributed by atoms with Crippen LogP contribution in [0.15, 0.2) is 0 Å². The Morgan fingerprint density at radius 2 is 1.78 bits per heavy atom. The van der Waals surface area contributed by atoms with Gasteiger partial charge in [0.2, 0.25) is 0 Å². The summed E-state index contributed by atoms with van der Waals surface area (Å²) in [7, 11) is 0. The summed E-state index contributed by atoms with van der Waals surface area (Å²) >= 11 is 0. The molecule has 1 nitrogen and oxygen atoms in total.